The Balaban J connectivity index is 2.71. The maximum atomic E-state index is 11.8. The van der Waals surface area contributed by atoms with Crippen molar-refractivity contribution in [1.82, 2.24) is 9.78 Å². The van der Waals surface area contributed by atoms with Crippen molar-refractivity contribution in [1.29, 1.82) is 0 Å². The van der Waals surface area contributed by atoms with Crippen LogP contribution >= 0.6 is 15.9 Å². The lowest BCUT2D eigenvalue weighted by Crippen LogP contribution is -2.24. The summed E-state index contributed by atoms with van der Waals surface area (Å²) in [4.78, 5) is 11.8. The number of halogens is 1. The molecule has 0 bridgehead atoms. The number of unbranched alkanes of at least 4 members (excludes halogenated alkanes) is 2. The molecule has 0 aromatic carbocycles. The lowest BCUT2D eigenvalue weighted by molar-refractivity contribution is 0.648. The zero-order valence-corrected chi connectivity index (χ0v) is 11.7. The van der Waals surface area contributed by atoms with Crippen molar-refractivity contribution >= 4 is 21.6 Å². The summed E-state index contributed by atoms with van der Waals surface area (Å²) in [6.45, 7) is 7.03. The summed E-state index contributed by atoms with van der Waals surface area (Å²) in [7, 11) is 0. The second kappa shape index (κ2) is 7.27. The van der Waals surface area contributed by atoms with E-state index in [2.05, 4.69) is 39.8 Å². The summed E-state index contributed by atoms with van der Waals surface area (Å²) in [5.41, 5.74) is 0.622. The highest BCUT2D eigenvalue weighted by atomic mass is 79.9. The van der Waals surface area contributed by atoms with Gasteiger partial charge in [0.25, 0.3) is 5.56 Å². The Bertz CT molecular complexity index is 428. The average Bonchev–Trinajstić information content (AvgIpc) is 2.33. The van der Waals surface area contributed by atoms with Gasteiger partial charge < -0.3 is 5.32 Å². The minimum absolute atomic E-state index is 0.134. The maximum absolute atomic E-state index is 11.8. The quantitative estimate of drug-likeness (QED) is 0.622. The molecular formula is C12H18BrN3O. The van der Waals surface area contributed by atoms with E-state index in [4.69, 9.17) is 0 Å². The molecule has 0 aliphatic rings. The molecule has 1 rings (SSSR count). The highest BCUT2D eigenvalue weighted by Crippen LogP contribution is 2.16. The molecule has 0 saturated carbocycles. The minimum Gasteiger partial charge on any atom is -0.383 e. The fraction of sp³-hybridized carbons (Fsp3) is 0.500. The SMILES string of the molecule is C=CCn1ncc(NCCCCC)c(Br)c1=O. The molecule has 0 amide bonds. The molecule has 5 heteroatoms. The van der Waals surface area contributed by atoms with Crippen LogP contribution in [-0.4, -0.2) is 16.3 Å². The predicted molar refractivity (Wildman–Crippen MR) is 74.4 cm³/mol. The summed E-state index contributed by atoms with van der Waals surface area (Å²) in [5, 5.41) is 7.28. The largest absolute Gasteiger partial charge is 0.383 e. The molecule has 1 N–H and O–H groups in total. The molecule has 1 aromatic heterocycles. The molecule has 0 atom stereocenters. The van der Waals surface area contributed by atoms with E-state index in [1.165, 1.54) is 17.5 Å². The van der Waals surface area contributed by atoms with Gasteiger partial charge in [0.2, 0.25) is 0 Å². The number of hydrogen-bond donors (Lipinski definition) is 1. The van der Waals surface area contributed by atoms with Crippen LogP contribution in [0.3, 0.4) is 0 Å². The van der Waals surface area contributed by atoms with Crippen LogP contribution in [0.25, 0.3) is 0 Å². The first-order chi connectivity index (χ1) is 8.20. The number of aromatic nitrogens is 2. The van der Waals surface area contributed by atoms with Crippen molar-refractivity contribution in [2.45, 2.75) is 32.7 Å². The first-order valence-corrected chi connectivity index (χ1v) is 6.60. The molecule has 0 aliphatic heterocycles. The highest BCUT2D eigenvalue weighted by Gasteiger charge is 2.07. The van der Waals surface area contributed by atoms with Crippen molar-refractivity contribution in [3.8, 4) is 0 Å². The van der Waals surface area contributed by atoms with E-state index in [1.54, 1.807) is 12.3 Å². The third-order valence-corrected chi connectivity index (χ3v) is 3.15. The van der Waals surface area contributed by atoms with E-state index in [0.29, 0.717) is 11.0 Å². The van der Waals surface area contributed by atoms with E-state index in [-0.39, 0.29) is 5.56 Å². The summed E-state index contributed by atoms with van der Waals surface area (Å²) < 4.78 is 1.90. The van der Waals surface area contributed by atoms with Gasteiger partial charge in [-0.15, -0.1) is 6.58 Å². The molecule has 0 radical (unpaired) electrons. The normalized spacial score (nSPS) is 10.2. The standard InChI is InChI=1S/C12H18BrN3O/c1-3-5-6-7-14-10-9-15-16(8-4-2)12(17)11(10)13/h4,9,14H,2-3,5-8H2,1H3. The van der Waals surface area contributed by atoms with Crippen molar-refractivity contribution in [2.75, 3.05) is 11.9 Å². The zero-order chi connectivity index (χ0) is 12.7. The molecule has 4 nitrogen and oxygen atoms in total. The summed E-state index contributed by atoms with van der Waals surface area (Å²) >= 11 is 3.30. The third kappa shape index (κ3) is 4.00. The Hall–Kier alpha value is -1.10. The van der Waals surface area contributed by atoms with Crippen LogP contribution < -0.4 is 10.9 Å². The molecular weight excluding hydrogens is 282 g/mol. The van der Waals surface area contributed by atoms with Gasteiger partial charge in [0.15, 0.2) is 0 Å². The molecule has 0 spiro atoms. The second-order valence-electron chi connectivity index (χ2n) is 3.78. The molecule has 1 heterocycles. The molecule has 0 aliphatic carbocycles. The van der Waals surface area contributed by atoms with Crippen molar-refractivity contribution in [2.24, 2.45) is 0 Å². The lowest BCUT2D eigenvalue weighted by Gasteiger charge is -2.09. The maximum Gasteiger partial charge on any atom is 0.283 e. The topological polar surface area (TPSA) is 46.9 Å². The monoisotopic (exact) mass is 299 g/mol. The summed E-state index contributed by atoms with van der Waals surface area (Å²) in [6, 6.07) is 0. The Morgan fingerprint density at radius 3 is 3.00 bits per heavy atom. The third-order valence-electron chi connectivity index (χ3n) is 2.38. The van der Waals surface area contributed by atoms with Gasteiger partial charge in [0.1, 0.15) is 4.47 Å². The van der Waals surface area contributed by atoms with Gasteiger partial charge in [0, 0.05) is 6.54 Å². The van der Waals surface area contributed by atoms with Crippen LogP contribution in [-0.2, 0) is 6.54 Å². The van der Waals surface area contributed by atoms with Gasteiger partial charge in [0.05, 0.1) is 18.4 Å². The van der Waals surface area contributed by atoms with E-state index >= 15 is 0 Å². The average molecular weight is 300 g/mol. The Kier molecular flexibility index (Phi) is 5.97. The van der Waals surface area contributed by atoms with Crippen LogP contribution in [0.2, 0.25) is 0 Å². The molecule has 0 fully saturated rings. The second-order valence-corrected chi connectivity index (χ2v) is 4.58. The van der Waals surface area contributed by atoms with Gasteiger partial charge >= 0.3 is 0 Å². The molecule has 94 valence electrons. The number of rotatable bonds is 7. The zero-order valence-electron chi connectivity index (χ0n) is 10.1. The summed E-state index contributed by atoms with van der Waals surface area (Å²) in [6.07, 6.45) is 6.78. The van der Waals surface area contributed by atoms with E-state index in [1.807, 2.05) is 0 Å². The van der Waals surface area contributed by atoms with Gasteiger partial charge in [-0.05, 0) is 22.4 Å². The van der Waals surface area contributed by atoms with Gasteiger partial charge in [-0.3, -0.25) is 4.79 Å². The Morgan fingerprint density at radius 2 is 2.35 bits per heavy atom. The predicted octanol–water partition coefficient (Wildman–Crippen LogP) is 2.79. The molecule has 17 heavy (non-hydrogen) atoms. The number of allylic oxidation sites excluding steroid dienone is 1. The van der Waals surface area contributed by atoms with Crippen LogP contribution in [0.15, 0.2) is 28.1 Å². The van der Waals surface area contributed by atoms with Crippen molar-refractivity contribution < 1.29 is 0 Å². The smallest absolute Gasteiger partial charge is 0.283 e. The lowest BCUT2D eigenvalue weighted by atomic mass is 10.2. The van der Waals surface area contributed by atoms with Crippen molar-refractivity contribution in [3.63, 3.8) is 0 Å². The van der Waals surface area contributed by atoms with E-state index in [9.17, 15) is 4.79 Å². The van der Waals surface area contributed by atoms with E-state index in [0.717, 1.165) is 18.7 Å². The first kappa shape index (κ1) is 14.0. The van der Waals surface area contributed by atoms with Crippen LogP contribution in [0, 0.1) is 0 Å². The van der Waals surface area contributed by atoms with Gasteiger partial charge in [-0.25, -0.2) is 4.68 Å². The van der Waals surface area contributed by atoms with Gasteiger partial charge in [-0.1, -0.05) is 25.8 Å². The van der Waals surface area contributed by atoms with Crippen LogP contribution in [0.1, 0.15) is 26.2 Å². The number of nitrogens with one attached hydrogen (secondary N) is 1. The molecule has 1 aromatic rings. The Labute approximate surface area is 110 Å². The summed E-state index contributed by atoms with van der Waals surface area (Å²) in [5.74, 6) is 0. The fourth-order valence-corrected chi connectivity index (χ4v) is 1.89. The Morgan fingerprint density at radius 1 is 1.59 bits per heavy atom. The number of hydrogen-bond acceptors (Lipinski definition) is 3. The van der Waals surface area contributed by atoms with Crippen LogP contribution in [0.4, 0.5) is 5.69 Å². The minimum atomic E-state index is -0.134. The first-order valence-electron chi connectivity index (χ1n) is 5.81. The fourth-order valence-electron chi connectivity index (χ4n) is 1.44. The number of nitrogens with zero attached hydrogens (tertiary/aromatic N) is 2. The highest BCUT2D eigenvalue weighted by molar-refractivity contribution is 9.10. The number of anilines is 1. The van der Waals surface area contributed by atoms with Gasteiger partial charge in [-0.2, -0.15) is 5.10 Å². The van der Waals surface area contributed by atoms with E-state index < -0.39 is 0 Å². The molecule has 0 unspecified atom stereocenters. The molecule has 0 saturated heterocycles. The van der Waals surface area contributed by atoms with Crippen molar-refractivity contribution in [3.05, 3.63) is 33.7 Å². The van der Waals surface area contributed by atoms with Crippen LogP contribution in [0.5, 0.6) is 0 Å².